The maximum absolute atomic E-state index is 13.1. The third kappa shape index (κ3) is 3.84. The molecule has 0 aromatic heterocycles. The molecule has 0 spiro atoms. The molecule has 1 fully saturated rings. The number of rotatable bonds is 4. The fraction of sp³-hybridized carbons (Fsp3) is 0.364. The molecule has 0 amide bonds. The highest BCUT2D eigenvalue weighted by molar-refractivity contribution is 5.64. The first-order valence-corrected chi connectivity index (χ1v) is 9.27. The van der Waals surface area contributed by atoms with Crippen molar-refractivity contribution in [1.82, 2.24) is 4.90 Å². The minimum atomic E-state index is -0.873. The van der Waals surface area contributed by atoms with Crippen LogP contribution in [0, 0.1) is 5.82 Å². The van der Waals surface area contributed by atoms with Crippen LogP contribution in [0.15, 0.2) is 48.0 Å². The monoisotopic (exact) mass is 369 g/mol. The molecule has 27 heavy (non-hydrogen) atoms. The molecular weight excluding hydrogens is 345 g/mol. The van der Waals surface area contributed by atoms with E-state index in [1.807, 2.05) is 18.2 Å². The summed E-state index contributed by atoms with van der Waals surface area (Å²) in [6.07, 6.45) is 3.44. The second kappa shape index (κ2) is 7.33. The van der Waals surface area contributed by atoms with E-state index >= 15 is 0 Å². The van der Waals surface area contributed by atoms with Gasteiger partial charge in [-0.05, 0) is 60.4 Å². The van der Waals surface area contributed by atoms with E-state index in [9.17, 15) is 9.50 Å². The minimum absolute atomic E-state index is 0.277. The summed E-state index contributed by atoms with van der Waals surface area (Å²) in [7, 11) is 1.66. The van der Waals surface area contributed by atoms with E-state index < -0.39 is 5.60 Å². The number of aliphatic hydroxyl groups is 1. The maximum atomic E-state index is 13.1. The fourth-order valence-corrected chi connectivity index (χ4v) is 3.84. The van der Waals surface area contributed by atoms with Gasteiger partial charge in [0.05, 0.1) is 12.7 Å². The molecule has 0 saturated carbocycles. The highest BCUT2D eigenvalue weighted by atomic mass is 19.1. The largest absolute Gasteiger partial charge is 0.497 e. The number of fused-ring (bicyclic) bond motifs is 1. The van der Waals surface area contributed by atoms with Crippen molar-refractivity contribution in [2.75, 3.05) is 33.4 Å². The first-order chi connectivity index (χ1) is 13.1. The first kappa shape index (κ1) is 18.0. The van der Waals surface area contributed by atoms with Crippen molar-refractivity contribution in [3.8, 4) is 11.5 Å². The van der Waals surface area contributed by atoms with Crippen molar-refractivity contribution in [2.45, 2.75) is 18.4 Å². The summed E-state index contributed by atoms with van der Waals surface area (Å²) in [6, 6.07) is 12.0. The van der Waals surface area contributed by atoms with E-state index in [0.717, 1.165) is 42.3 Å². The van der Waals surface area contributed by atoms with Crippen LogP contribution in [0.1, 0.15) is 24.0 Å². The summed E-state index contributed by atoms with van der Waals surface area (Å²) >= 11 is 0. The van der Waals surface area contributed by atoms with Crippen molar-refractivity contribution in [1.29, 1.82) is 0 Å². The van der Waals surface area contributed by atoms with Gasteiger partial charge in [-0.25, -0.2) is 4.39 Å². The molecule has 0 unspecified atom stereocenters. The molecule has 1 N–H and O–H groups in total. The normalized spacial score (nSPS) is 19.0. The molecule has 2 heterocycles. The van der Waals surface area contributed by atoms with Gasteiger partial charge < -0.3 is 14.6 Å². The summed E-state index contributed by atoms with van der Waals surface area (Å²) < 4.78 is 24.3. The van der Waals surface area contributed by atoms with Crippen LogP contribution in [0.3, 0.4) is 0 Å². The lowest BCUT2D eigenvalue weighted by Gasteiger charge is -2.39. The van der Waals surface area contributed by atoms with Crippen LogP contribution in [-0.4, -0.2) is 43.4 Å². The molecule has 0 bridgehead atoms. The topological polar surface area (TPSA) is 41.9 Å². The van der Waals surface area contributed by atoms with Gasteiger partial charge in [0.15, 0.2) is 0 Å². The summed E-state index contributed by atoms with van der Waals surface area (Å²) in [4.78, 5) is 2.33. The Morgan fingerprint density at radius 2 is 1.89 bits per heavy atom. The average Bonchev–Trinajstić information content (AvgIpc) is 2.70. The molecular formula is C22H24FNO3. The van der Waals surface area contributed by atoms with Crippen molar-refractivity contribution in [3.05, 3.63) is 65.0 Å². The van der Waals surface area contributed by atoms with Gasteiger partial charge in [-0.1, -0.05) is 12.1 Å². The maximum Gasteiger partial charge on any atom is 0.127 e. The van der Waals surface area contributed by atoms with Crippen LogP contribution < -0.4 is 9.47 Å². The van der Waals surface area contributed by atoms with Gasteiger partial charge in [-0.15, -0.1) is 0 Å². The van der Waals surface area contributed by atoms with E-state index in [2.05, 4.69) is 11.0 Å². The number of hydrogen-bond acceptors (Lipinski definition) is 4. The summed E-state index contributed by atoms with van der Waals surface area (Å²) in [5, 5.41) is 10.9. The number of piperidine rings is 1. The number of nitrogens with zero attached hydrogens (tertiary/aromatic N) is 1. The van der Waals surface area contributed by atoms with Crippen molar-refractivity contribution in [3.63, 3.8) is 0 Å². The molecule has 5 heteroatoms. The van der Waals surface area contributed by atoms with Crippen molar-refractivity contribution >= 4 is 6.08 Å². The summed E-state index contributed by atoms with van der Waals surface area (Å²) in [6.45, 7) is 2.97. The molecule has 2 aromatic rings. The molecule has 2 aliphatic heterocycles. The second-order valence-electron chi connectivity index (χ2n) is 7.31. The van der Waals surface area contributed by atoms with Gasteiger partial charge in [0.1, 0.15) is 23.9 Å². The molecule has 2 aliphatic rings. The van der Waals surface area contributed by atoms with Crippen LogP contribution in [-0.2, 0) is 5.60 Å². The van der Waals surface area contributed by atoms with Crippen molar-refractivity contribution < 1.29 is 19.0 Å². The SMILES string of the molecule is COc1ccc2c(c1)C=C(CN1CCC(O)(c3ccc(F)cc3)CC1)CO2. The number of likely N-dealkylation sites (tertiary alicyclic amines) is 1. The predicted molar refractivity (Wildman–Crippen MR) is 102 cm³/mol. The van der Waals surface area contributed by atoms with Gasteiger partial charge in [-0.3, -0.25) is 4.90 Å². The number of halogens is 1. The Morgan fingerprint density at radius 1 is 1.15 bits per heavy atom. The smallest absolute Gasteiger partial charge is 0.127 e. The Hall–Kier alpha value is -2.37. The lowest BCUT2D eigenvalue weighted by molar-refractivity contribution is -0.0242. The lowest BCUT2D eigenvalue weighted by atomic mass is 9.84. The molecule has 4 nitrogen and oxygen atoms in total. The van der Waals surface area contributed by atoms with Crippen LogP contribution >= 0.6 is 0 Å². The predicted octanol–water partition coefficient (Wildman–Crippen LogP) is 3.59. The summed E-state index contributed by atoms with van der Waals surface area (Å²) in [5.74, 6) is 1.42. The number of benzene rings is 2. The van der Waals surface area contributed by atoms with Crippen molar-refractivity contribution in [2.24, 2.45) is 0 Å². The zero-order valence-electron chi connectivity index (χ0n) is 15.5. The quantitative estimate of drug-likeness (QED) is 0.894. The van der Waals surface area contributed by atoms with E-state index in [4.69, 9.17) is 9.47 Å². The number of methoxy groups -OCH3 is 1. The van der Waals surface area contributed by atoms with Crippen LogP contribution in [0.5, 0.6) is 11.5 Å². The van der Waals surface area contributed by atoms with E-state index in [-0.39, 0.29) is 5.82 Å². The zero-order valence-corrected chi connectivity index (χ0v) is 15.5. The third-order valence-electron chi connectivity index (χ3n) is 5.48. The zero-order chi connectivity index (χ0) is 18.9. The Bertz CT molecular complexity index is 839. The molecule has 4 rings (SSSR count). The fourth-order valence-electron chi connectivity index (χ4n) is 3.84. The molecule has 0 aliphatic carbocycles. The Morgan fingerprint density at radius 3 is 2.59 bits per heavy atom. The van der Waals surface area contributed by atoms with Gasteiger partial charge in [0, 0.05) is 25.2 Å². The Labute approximate surface area is 158 Å². The van der Waals surface area contributed by atoms with Gasteiger partial charge in [0.25, 0.3) is 0 Å². The molecule has 142 valence electrons. The first-order valence-electron chi connectivity index (χ1n) is 9.27. The minimum Gasteiger partial charge on any atom is -0.497 e. The van der Waals surface area contributed by atoms with Gasteiger partial charge >= 0.3 is 0 Å². The lowest BCUT2D eigenvalue weighted by Crippen LogP contribution is -2.43. The highest BCUT2D eigenvalue weighted by Crippen LogP contribution is 2.34. The average molecular weight is 369 g/mol. The molecule has 0 radical (unpaired) electrons. The number of hydrogen-bond donors (Lipinski definition) is 1. The number of ether oxygens (including phenoxy) is 2. The van der Waals surface area contributed by atoms with E-state index in [0.29, 0.717) is 19.4 Å². The highest BCUT2D eigenvalue weighted by Gasteiger charge is 2.34. The second-order valence-corrected chi connectivity index (χ2v) is 7.31. The van der Waals surface area contributed by atoms with E-state index in [1.165, 1.54) is 17.7 Å². The van der Waals surface area contributed by atoms with Gasteiger partial charge in [-0.2, -0.15) is 0 Å². The van der Waals surface area contributed by atoms with Crippen LogP contribution in [0.25, 0.3) is 6.08 Å². The Balaban J connectivity index is 1.40. The van der Waals surface area contributed by atoms with Gasteiger partial charge in [0.2, 0.25) is 0 Å². The standard InChI is InChI=1S/C22H24FNO3/c1-26-20-6-7-21-17(13-20)12-16(15-27-21)14-24-10-8-22(25,9-11-24)18-2-4-19(23)5-3-18/h2-7,12-13,25H,8-11,14-15H2,1H3. The molecule has 2 aromatic carbocycles. The van der Waals surface area contributed by atoms with E-state index in [1.54, 1.807) is 19.2 Å². The third-order valence-corrected chi connectivity index (χ3v) is 5.48. The molecule has 0 atom stereocenters. The van der Waals surface area contributed by atoms with Crippen LogP contribution in [0.2, 0.25) is 0 Å². The van der Waals surface area contributed by atoms with Crippen LogP contribution in [0.4, 0.5) is 4.39 Å². The summed E-state index contributed by atoms with van der Waals surface area (Å²) in [5.41, 5.74) is 2.17. The Kier molecular flexibility index (Phi) is 4.89. The molecule has 1 saturated heterocycles.